The van der Waals surface area contributed by atoms with Crippen LogP contribution >= 0.6 is 0 Å². The van der Waals surface area contributed by atoms with E-state index in [0.29, 0.717) is 11.6 Å². The maximum absolute atomic E-state index is 5.88. The molecule has 2 rings (SSSR count). The Morgan fingerprint density at radius 3 is 2.58 bits per heavy atom. The fourth-order valence-corrected chi connectivity index (χ4v) is 2.00. The minimum Gasteiger partial charge on any atom is -0.384 e. The van der Waals surface area contributed by atoms with Crippen molar-refractivity contribution in [3.63, 3.8) is 0 Å². The van der Waals surface area contributed by atoms with E-state index in [-0.39, 0.29) is 6.10 Å². The Kier molecular flexibility index (Phi) is 4.47. The van der Waals surface area contributed by atoms with Crippen LogP contribution in [0.2, 0.25) is 0 Å². The zero-order valence-corrected chi connectivity index (χ0v) is 11.3. The van der Waals surface area contributed by atoms with Crippen molar-refractivity contribution in [2.24, 2.45) is 0 Å². The lowest BCUT2D eigenvalue weighted by atomic mass is 10.1. The van der Waals surface area contributed by atoms with Crippen LogP contribution in [0.4, 0.5) is 5.82 Å². The van der Waals surface area contributed by atoms with Gasteiger partial charge in [0.2, 0.25) is 0 Å². The lowest BCUT2D eigenvalue weighted by Crippen LogP contribution is -2.09. The van der Waals surface area contributed by atoms with Gasteiger partial charge in [0, 0.05) is 18.7 Å². The molecule has 2 aromatic rings. The molecule has 0 fully saturated rings. The number of hydrogen-bond donors (Lipinski definition) is 1. The first-order chi connectivity index (χ1) is 9.24. The number of methoxy groups -OCH3 is 1. The third-order valence-electron chi connectivity index (χ3n) is 2.96. The van der Waals surface area contributed by atoms with Crippen LogP contribution in [0.3, 0.4) is 0 Å². The average molecular weight is 257 g/mol. The molecule has 1 atom stereocenters. The number of nitrogens with zero attached hydrogens (tertiary/aromatic N) is 2. The van der Waals surface area contributed by atoms with Crippen LogP contribution in [0, 0.1) is 0 Å². The molecule has 100 valence electrons. The zero-order valence-electron chi connectivity index (χ0n) is 11.3. The maximum atomic E-state index is 5.88. The van der Waals surface area contributed by atoms with E-state index in [2.05, 4.69) is 16.9 Å². The van der Waals surface area contributed by atoms with Crippen molar-refractivity contribution in [2.75, 3.05) is 12.8 Å². The van der Waals surface area contributed by atoms with Crippen molar-refractivity contribution < 1.29 is 4.74 Å². The van der Waals surface area contributed by atoms with E-state index in [1.165, 1.54) is 0 Å². The van der Waals surface area contributed by atoms with E-state index in [1.807, 2.05) is 30.3 Å². The molecule has 0 saturated heterocycles. The summed E-state index contributed by atoms with van der Waals surface area (Å²) in [6.45, 7) is 2.11. The lowest BCUT2D eigenvalue weighted by molar-refractivity contribution is 0.0878. The standard InChI is InChI=1S/C15H19N3O/c1-3-7-13(19-2)15-17-12(10-14(16)18-15)11-8-5-4-6-9-11/h4-6,8-10,13H,3,7H2,1-2H3,(H2,16,17,18). The summed E-state index contributed by atoms with van der Waals surface area (Å²) in [5, 5.41) is 0. The summed E-state index contributed by atoms with van der Waals surface area (Å²) in [7, 11) is 1.68. The molecule has 1 aromatic carbocycles. The number of nitrogens with two attached hydrogens (primary N) is 1. The van der Waals surface area contributed by atoms with Gasteiger partial charge < -0.3 is 10.5 Å². The molecule has 0 bridgehead atoms. The topological polar surface area (TPSA) is 61.0 Å². The third kappa shape index (κ3) is 3.29. The van der Waals surface area contributed by atoms with Crippen LogP contribution in [-0.2, 0) is 4.74 Å². The van der Waals surface area contributed by atoms with Crippen molar-refractivity contribution in [1.82, 2.24) is 9.97 Å². The van der Waals surface area contributed by atoms with Gasteiger partial charge in [-0.3, -0.25) is 0 Å². The van der Waals surface area contributed by atoms with E-state index < -0.39 is 0 Å². The summed E-state index contributed by atoms with van der Waals surface area (Å²) in [5.41, 5.74) is 7.74. The molecule has 2 N–H and O–H groups in total. The first kappa shape index (κ1) is 13.5. The van der Waals surface area contributed by atoms with E-state index in [0.717, 1.165) is 24.1 Å². The largest absolute Gasteiger partial charge is 0.384 e. The van der Waals surface area contributed by atoms with Crippen molar-refractivity contribution in [2.45, 2.75) is 25.9 Å². The number of nitrogen functional groups attached to an aromatic ring is 1. The third-order valence-corrected chi connectivity index (χ3v) is 2.96. The Balaban J connectivity index is 2.39. The van der Waals surface area contributed by atoms with Crippen LogP contribution in [0.25, 0.3) is 11.3 Å². The molecule has 1 unspecified atom stereocenters. The Labute approximate surface area is 113 Å². The van der Waals surface area contributed by atoms with Gasteiger partial charge in [0.05, 0.1) is 5.69 Å². The zero-order chi connectivity index (χ0) is 13.7. The SMILES string of the molecule is CCCC(OC)c1nc(N)cc(-c2ccccc2)n1. The number of hydrogen-bond acceptors (Lipinski definition) is 4. The van der Waals surface area contributed by atoms with Gasteiger partial charge in [-0.1, -0.05) is 43.7 Å². The lowest BCUT2D eigenvalue weighted by Gasteiger charge is -2.14. The fourth-order valence-electron chi connectivity index (χ4n) is 2.00. The molecule has 0 amide bonds. The summed E-state index contributed by atoms with van der Waals surface area (Å²) in [6.07, 6.45) is 1.79. The normalized spacial score (nSPS) is 12.3. The minimum atomic E-state index is -0.101. The van der Waals surface area contributed by atoms with E-state index >= 15 is 0 Å². The van der Waals surface area contributed by atoms with Crippen molar-refractivity contribution in [3.8, 4) is 11.3 Å². The summed E-state index contributed by atoms with van der Waals surface area (Å²) in [5.74, 6) is 1.13. The highest BCUT2D eigenvalue weighted by Crippen LogP contribution is 2.24. The molecule has 4 nitrogen and oxygen atoms in total. The highest BCUT2D eigenvalue weighted by atomic mass is 16.5. The highest BCUT2D eigenvalue weighted by Gasteiger charge is 2.15. The van der Waals surface area contributed by atoms with Gasteiger partial charge in [-0.05, 0) is 6.42 Å². The highest BCUT2D eigenvalue weighted by molar-refractivity contribution is 5.61. The molecule has 0 saturated carbocycles. The number of anilines is 1. The molecule has 0 radical (unpaired) electrons. The molecule has 19 heavy (non-hydrogen) atoms. The molecule has 0 aliphatic carbocycles. The monoisotopic (exact) mass is 257 g/mol. The van der Waals surface area contributed by atoms with Crippen LogP contribution in [0.15, 0.2) is 36.4 Å². The van der Waals surface area contributed by atoms with Crippen molar-refractivity contribution >= 4 is 5.82 Å². The van der Waals surface area contributed by atoms with Crippen LogP contribution in [0.1, 0.15) is 31.7 Å². The number of ether oxygens (including phenoxy) is 1. The first-order valence-electron chi connectivity index (χ1n) is 6.47. The Morgan fingerprint density at radius 1 is 1.21 bits per heavy atom. The number of rotatable bonds is 5. The van der Waals surface area contributed by atoms with Gasteiger partial charge in [-0.2, -0.15) is 0 Å². The average Bonchev–Trinajstić information content (AvgIpc) is 2.45. The second-order valence-corrected chi connectivity index (χ2v) is 4.42. The van der Waals surface area contributed by atoms with E-state index in [1.54, 1.807) is 13.2 Å². The van der Waals surface area contributed by atoms with Gasteiger partial charge in [-0.15, -0.1) is 0 Å². The quantitative estimate of drug-likeness (QED) is 0.893. The van der Waals surface area contributed by atoms with Gasteiger partial charge in [-0.25, -0.2) is 9.97 Å². The molecule has 1 heterocycles. The Hall–Kier alpha value is -1.94. The number of benzene rings is 1. The summed E-state index contributed by atoms with van der Waals surface area (Å²) in [4.78, 5) is 8.87. The summed E-state index contributed by atoms with van der Waals surface area (Å²) in [6, 6.07) is 11.7. The summed E-state index contributed by atoms with van der Waals surface area (Å²) >= 11 is 0. The molecular weight excluding hydrogens is 238 g/mol. The van der Waals surface area contributed by atoms with Gasteiger partial charge in [0.25, 0.3) is 0 Å². The molecule has 4 heteroatoms. The van der Waals surface area contributed by atoms with E-state index in [9.17, 15) is 0 Å². The second-order valence-electron chi connectivity index (χ2n) is 4.42. The maximum Gasteiger partial charge on any atom is 0.160 e. The Bertz CT molecular complexity index is 528. The second kappa shape index (κ2) is 6.29. The fraction of sp³-hybridized carbons (Fsp3) is 0.333. The smallest absolute Gasteiger partial charge is 0.160 e. The van der Waals surface area contributed by atoms with Crippen LogP contribution in [-0.4, -0.2) is 17.1 Å². The Morgan fingerprint density at radius 2 is 1.95 bits per heavy atom. The molecule has 0 aliphatic rings. The van der Waals surface area contributed by atoms with Gasteiger partial charge in [0.15, 0.2) is 5.82 Å². The number of aromatic nitrogens is 2. The molecular formula is C15H19N3O. The van der Waals surface area contributed by atoms with Crippen molar-refractivity contribution in [3.05, 3.63) is 42.2 Å². The van der Waals surface area contributed by atoms with Crippen LogP contribution in [0.5, 0.6) is 0 Å². The first-order valence-corrected chi connectivity index (χ1v) is 6.47. The molecule has 0 spiro atoms. The predicted octanol–water partition coefficient (Wildman–Crippen LogP) is 3.21. The van der Waals surface area contributed by atoms with Gasteiger partial charge in [0.1, 0.15) is 11.9 Å². The molecule has 1 aromatic heterocycles. The van der Waals surface area contributed by atoms with Gasteiger partial charge >= 0.3 is 0 Å². The minimum absolute atomic E-state index is 0.101. The van der Waals surface area contributed by atoms with Crippen molar-refractivity contribution in [1.29, 1.82) is 0 Å². The van der Waals surface area contributed by atoms with Crippen LogP contribution < -0.4 is 5.73 Å². The predicted molar refractivity (Wildman–Crippen MR) is 76.5 cm³/mol. The summed E-state index contributed by atoms with van der Waals surface area (Å²) < 4.78 is 5.44. The molecule has 0 aliphatic heterocycles. The van der Waals surface area contributed by atoms with E-state index in [4.69, 9.17) is 10.5 Å².